The summed E-state index contributed by atoms with van der Waals surface area (Å²) in [5, 5.41) is 11.5. The van der Waals surface area contributed by atoms with Crippen molar-refractivity contribution in [3.8, 4) is 0 Å². The molecule has 0 bridgehead atoms. The Hall–Kier alpha value is -3.41. The van der Waals surface area contributed by atoms with Gasteiger partial charge < -0.3 is 15.2 Å². The maximum Gasteiger partial charge on any atom is 0.425 e. The second-order valence-electron chi connectivity index (χ2n) is 12.2. The smallest absolute Gasteiger partial charge is 0.399 e. The van der Waals surface area contributed by atoms with Crippen LogP contribution in [0, 0.1) is 10.1 Å². The molecule has 16 heteroatoms. The number of hydrogen-bond donors (Lipinski definition) is 1. The number of benzene rings is 4. The summed E-state index contributed by atoms with van der Waals surface area (Å²) >= 11 is 11.7. The van der Waals surface area contributed by atoms with Gasteiger partial charge in [0.25, 0.3) is 5.69 Å². The number of anilines is 1. The lowest BCUT2D eigenvalue weighted by atomic mass is 9.85. The highest BCUT2D eigenvalue weighted by molar-refractivity contribution is 6.55. The van der Waals surface area contributed by atoms with Gasteiger partial charge in [-0.15, -0.1) is 0 Å². The number of nitrogens with two attached hydrogens (primary N) is 1. The van der Waals surface area contributed by atoms with E-state index in [9.17, 15) is 36.5 Å². The normalized spacial score (nSPS) is 14.4. The summed E-state index contributed by atoms with van der Waals surface area (Å²) in [4.78, 5) is 10.2. The largest absolute Gasteiger partial charge is 0.425 e. The number of alkyl halides is 6. The Morgan fingerprint density at radius 2 is 0.880 bits per heavy atom. The molecule has 4 aromatic carbocycles. The second kappa shape index (κ2) is 16.7. The van der Waals surface area contributed by atoms with Crippen LogP contribution in [0.4, 0.5) is 37.7 Å². The zero-order valence-electron chi connectivity index (χ0n) is 27.5. The van der Waals surface area contributed by atoms with Crippen LogP contribution >= 0.6 is 23.2 Å². The Labute approximate surface area is 299 Å². The molecule has 0 saturated heterocycles. The zero-order valence-corrected chi connectivity index (χ0v) is 31.3. The van der Waals surface area contributed by atoms with E-state index in [1.54, 1.807) is 0 Å². The Morgan fingerprint density at radius 1 is 0.600 bits per heavy atom. The second-order valence-corrected chi connectivity index (χ2v) is 19.3. The number of halogens is 8. The number of nitrogen functional groups attached to an aromatic ring is 1. The molecule has 270 valence electrons. The summed E-state index contributed by atoms with van der Waals surface area (Å²) in [6, 6.07) is 20.7. The summed E-state index contributed by atoms with van der Waals surface area (Å²) in [5.41, 5.74) is 0.128. The van der Waals surface area contributed by atoms with Crippen LogP contribution in [0.15, 0.2) is 97.1 Å². The molecule has 0 radical (unpaired) electrons. The average Bonchev–Trinajstić information content (AvgIpc) is 3.03. The number of non-ortho nitro benzene ring substituents is 1. The maximum absolute atomic E-state index is 14.3. The van der Waals surface area contributed by atoms with Gasteiger partial charge in [0, 0.05) is 40.3 Å². The molecular weight excluding hydrogens is 741 g/mol. The third-order valence-electron chi connectivity index (χ3n) is 7.37. The van der Waals surface area contributed by atoms with Gasteiger partial charge in [-0.2, -0.15) is 26.3 Å². The van der Waals surface area contributed by atoms with Crippen LogP contribution < -0.4 is 5.73 Å². The zero-order chi connectivity index (χ0) is 37.5. The molecule has 0 spiro atoms. The summed E-state index contributed by atoms with van der Waals surface area (Å²) in [6.45, 7) is 7.62. The molecule has 50 heavy (non-hydrogen) atoms. The predicted octanol–water partition coefficient (Wildman–Crippen LogP) is 9.87. The fourth-order valence-corrected chi connectivity index (χ4v) is 6.39. The van der Waals surface area contributed by atoms with Crippen LogP contribution in [-0.4, -0.2) is 47.3 Å². The first kappa shape index (κ1) is 41.0. The van der Waals surface area contributed by atoms with Crippen LogP contribution in [-0.2, 0) is 20.7 Å². The van der Waals surface area contributed by atoms with E-state index in [1.165, 1.54) is 72.8 Å². The quantitative estimate of drug-likeness (QED) is 0.0539. The summed E-state index contributed by atoms with van der Waals surface area (Å²) in [6.07, 6.45) is -9.34. The molecule has 2 atom stereocenters. The van der Waals surface area contributed by atoms with Crippen molar-refractivity contribution in [1.82, 2.24) is 0 Å². The number of hydrogen-bond acceptors (Lipinski definition) is 5. The lowest BCUT2D eigenvalue weighted by molar-refractivity contribution is -0.384. The molecule has 0 aliphatic carbocycles. The molecule has 0 amide bonds. The van der Waals surface area contributed by atoms with Crippen molar-refractivity contribution in [2.75, 3.05) is 18.2 Å². The van der Waals surface area contributed by atoms with Crippen molar-refractivity contribution in [1.29, 1.82) is 0 Å². The van der Waals surface area contributed by atoms with Crippen molar-refractivity contribution in [2.45, 2.75) is 49.7 Å². The van der Waals surface area contributed by atoms with E-state index in [1.807, 2.05) is 26.2 Å². The van der Waals surface area contributed by atoms with E-state index in [0.29, 0.717) is 15.7 Å². The molecule has 0 aliphatic rings. The van der Waals surface area contributed by atoms with Gasteiger partial charge in [-0.25, -0.2) is 0 Å². The Kier molecular flexibility index (Phi) is 13.7. The lowest BCUT2D eigenvalue weighted by Gasteiger charge is -2.37. The van der Waals surface area contributed by atoms with E-state index in [0.717, 1.165) is 24.3 Å². The van der Waals surface area contributed by atoms with E-state index in [-0.39, 0.29) is 40.4 Å². The molecule has 2 N–H and O–H groups in total. The van der Waals surface area contributed by atoms with Gasteiger partial charge in [0.2, 0.25) is 11.2 Å². The lowest BCUT2D eigenvalue weighted by Crippen LogP contribution is -2.47. The first-order valence-corrected chi connectivity index (χ1v) is 22.3. The van der Waals surface area contributed by atoms with Crippen LogP contribution in [0.25, 0.3) is 0 Å². The van der Waals surface area contributed by atoms with Crippen molar-refractivity contribution in [3.63, 3.8) is 0 Å². The fourth-order valence-electron chi connectivity index (χ4n) is 4.97. The van der Waals surface area contributed by atoms with Gasteiger partial charge in [0.05, 0.1) is 22.5 Å². The van der Waals surface area contributed by atoms with Gasteiger partial charge in [-0.1, -0.05) is 85.8 Å². The fraction of sp³-hybridized carbons (Fsp3) is 0.294. The molecule has 0 fully saturated rings. The summed E-state index contributed by atoms with van der Waals surface area (Å²) in [7, 11) is -2.86. The van der Waals surface area contributed by atoms with Gasteiger partial charge >= 0.3 is 12.4 Å². The van der Waals surface area contributed by atoms with Crippen LogP contribution in [0.1, 0.15) is 22.3 Å². The number of nitro groups is 1. The molecule has 0 heterocycles. The maximum atomic E-state index is 14.3. The average molecular weight is 778 g/mol. The highest BCUT2D eigenvalue weighted by Crippen LogP contribution is 2.49. The third-order valence-corrected chi connectivity index (χ3v) is 9.54. The predicted molar refractivity (Wildman–Crippen MR) is 190 cm³/mol. The minimum absolute atomic E-state index is 0.00109. The van der Waals surface area contributed by atoms with Crippen molar-refractivity contribution < 1.29 is 40.7 Å². The first-order chi connectivity index (χ1) is 23.2. The Balaban J connectivity index is 0.000000271. The molecule has 4 aromatic rings. The molecule has 0 saturated carbocycles. The van der Waals surface area contributed by atoms with Crippen molar-refractivity contribution >= 4 is 52.2 Å². The van der Waals surface area contributed by atoms with Gasteiger partial charge in [-0.3, -0.25) is 10.1 Å². The highest BCUT2D eigenvalue weighted by Gasteiger charge is 2.60. The van der Waals surface area contributed by atoms with Crippen molar-refractivity contribution in [2.24, 2.45) is 0 Å². The van der Waals surface area contributed by atoms with Gasteiger partial charge in [0.15, 0.2) is 0 Å². The standard InChI is InChI=1S/C17H17ClF3NO3Si.C17H19ClF3NOSi/c1-26(2)11-25-16(17(19,20)21,12-3-7-14(18)8-4-12)13-5-9-15(10-6-13)22(23)24;1-24(2)11-23-16(17(19,20)21,12-3-7-14(18)8-4-12)13-5-9-15(22)10-6-13/h3-10,26H,11H2,1-2H3;3-10,24H,11,22H2,1-2H3. The minimum Gasteiger partial charge on any atom is -0.399 e. The SMILES string of the molecule is C[SiH](C)COC(c1ccc(Cl)cc1)(c1ccc([N+](=O)[O-])cc1)C(F)(F)F.C[SiH](C)COC(c1ccc(N)cc1)(c1ccc(Cl)cc1)C(F)(F)F. The third kappa shape index (κ3) is 9.47. The summed E-state index contributed by atoms with van der Waals surface area (Å²) in [5.74, 6) is 0. The molecule has 2 unspecified atom stereocenters. The van der Waals surface area contributed by atoms with E-state index in [4.69, 9.17) is 38.4 Å². The highest BCUT2D eigenvalue weighted by atomic mass is 35.5. The van der Waals surface area contributed by atoms with Crippen LogP contribution in [0.2, 0.25) is 36.2 Å². The Morgan fingerprint density at radius 3 is 1.14 bits per heavy atom. The number of nitrogens with zero attached hydrogens (tertiary/aromatic N) is 1. The van der Waals surface area contributed by atoms with Crippen LogP contribution in [0.5, 0.6) is 0 Å². The molecule has 0 aliphatic heterocycles. The van der Waals surface area contributed by atoms with Crippen molar-refractivity contribution in [3.05, 3.63) is 139 Å². The molecular formula is C34H36Cl2F6N2O4Si2. The number of ether oxygens (including phenoxy) is 2. The number of nitro benzene ring substituents is 1. The molecule has 6 nitrogen and oxygen atoms in total. The van der Waals surface area contributed by atoms with Crippen LogP contribution in [0.3, 0.4) is 0 Å². The van der Waals surface area contributed by atoms with Gasteiger partial charge in [0.1, 0.15) is 0 Å². The van der Waals surface area contributed by atoms with E-state index >= 15 is 0 Å². The monoisotopic (exact) mass is 776 g/mol. The number of rotatable bonds is 11. The topological polar surface area (TPSA) is 87.6 Å². The molecule has 4 rings (SSSR count). The minimum atomic E-state index is -4.78. The Bertz CT molecular complexity index is 1650. The van der Waals surface area contributed by atoms with Gasteiger partial charge in [-0.05, 0) is 70.8 Å². The molecule has 0 aromatic heterocycles. The summed E-state index contributed by atoms with van der Waals surface area (Å²) < 4.78 is 96.6. The van der Waals surface area contributed by atoms with E-state index < -0.39 is 46.1 Å². The van der Waals surface area contributed by atoms with E-state index in [2.05, 4.69) is 0 Å². The first-order valence-electron chi connectivity index (χ1n) is 15.3.